The molecule has 0 aliphatic carbocycles. The number of carbonyl (C=O) groups is 1. The SMILES string of the molecule is CCC1=CCC=C(CSc2cnc(NC(=O)C(C)(C)C)s2)O1. The van der Waals surface area contributed by atoms with E-state index in [2.05, 4.69) is 29.4 Å². The highest BCUT2D eigenvalue weighted by Crippen LogP contribution is 2.31. The Hall–Kier alpha value is -1.27. The molecule has 0 saturated heterocycles. The fraction of sp³-hybridized carbons (Fsp3) is 0.500. The number of amides is 1. The standard InChI is InChI=1S/C16H22N2O2S2/c1-5-11-7-6-8-12(20-11)10-21-13-9-17-15(22-13)18-14(19)16(2,3)4/h7-9H,5-6,10H2,1-4H3,(H,17,18,19). The molecule has 1 N–H and O–H groups in total. The number of rotatable bonds is 5. The van der Waals surface area contributed by atoms with Crippen molar-refractivity contribution in [2.75, 3.05) is 11.1 Å². The van der Waals surface area contributed by atoms with Gasteiger partial charge in [0.05, 0.1) is 21.9 Å². The van der Waals surface area contributed by atoms with Crippen molar-refractivity contribution in [1.82, 2.24) is 4.98 Å². The number of thiazole rings is 1. The summed E-state index contributed by atoms with van der Waals surface area (Å²) in [4.78, 5) is 16.2. The van der Waals surface area contributed by atoms with E-state index in [0.717, 1.165) is 34.3 Å². The number of ether oxygens (including phenoxy) is 1. The Kier molecular flexibility index (Phi) is 5.69. The van der Waals surface area contributed by atoms with Crippen molar-refractivity contribution in [3.8, 4) is 0 Å². The molecule has 0 atom stereocenters. The summed E-state index contributed by atoms with van der Waals surface area (Å²) >= 11 is 3.17. The first-order valence-corrected chi connectivity index (χ1v) is 9.14. The maximum Gasteiger partial charge on any atom is 0.231 e. The summed E-state index contributed by atoms with van der Waals surface area (Å²) in [6.45, 7) is 7.75. The Morgan fingerprint density at radius 1 is 1.41 bits per heavy atom. The molecule has 0 bridgehead atoms. The van der Waals surface area contributed by atoms with Crippen LogP contribution < -0.4 is 5.32 Å². The van der Waals surface area contributed by atoms with E-state index in [1.54, 1.807) is 18.0 Å². The van der Waals surface area contributed by atoms with Crippen molar-refractivity contribution in [2.45, 2.75) is 44.7 Å². The molecule has 1 aromatic heterocycles. The van der Waals surface area contributed by atoms with Crippen LogP contribution in [0.4, 0.5) is 5.13 Å². The summed E-state index contributed by atoms with van der Waals surface area (Å²) in [6.07, 6.45) is 7.88. The molecule has 0 radical (unpaired) electrons. The van der Waals surface area contributed by atoms with Gasteiger partial charge in [-0.2, -0.15) is 0 Å². The van der Waals surface area contributed by atoms with Crippen LogP contribution in [-0.2, 0) is 9.53 Å². The van der Waals surface area contributed by atoms with Crippen molar-refractivity contribution in [2.24, 2.45) is 5.41 Å². The van der Waals surface area contributed by atoms with Crippen LogP contribution in [0, 0.1) is 5.41 Å². The fourth-order valence-electron chi connectivity index (χ4n) is 1.69. The van der Waals surface area contributed by atoms with E-state index in [4.69, 9.17) is 4.74 Å². The predicted octanol–water partition coefficient (Wildman–Crippen LogP) is 4.82. The summed E-state index contributed by atoms with van der Waals surface area (Å²) in [5.74, 6) is 2.81. The summed E-state index contributed by atoms with van der Waals surface area (Å²) in [7, 11) is 0. The van der Waals surface area contributed by atoms with Crippen molar-refractivity contribution >= 4 is 34.1 Å². The summed E-state index contributed by atoms with van der Waals surface area (Å²) in [5, 5.41) is 3.50. The number of hydrogen-bond acceptors (Lipinski definition) is 5. The van der Waals surface area contributed by atoms with E-state index in [0.29, 0.717) is 5.13 Å². The average Bonchev–Trinajstić information content (AvgIpc) is 2.92. The van der Waals surface area contributed by atoms with Gasteiger partial charge in [0.15, 0.2) is 5.13 Å². The van der Waals surface area contributed by atoms with Crippen LogP contribution in [-0.4, -0.2) is 16.6 Å². The van der Waals surface area contributed by atoms with E-state index in [9.17, 15) is 4.79 Å². The number of thioether (sulfide) groups is 1. The molecule has 1 aromatic rings. The van der Waals surface area contributed by atoms with E-state index in [1.165, 1.54) is 11.3 Å². The highest BCUT2D eigenvalue weighted by molar-refractivity contribution is 8.01. The Bertz CT molecular complexity index is 598. The van der Waals surface area contributed by atoms with Gasteiger partial charge in [-0.25, -0.2) is 4.98 Å². The van der Waals surface area contributed by atoms with Gasteiger partial charge in [-0.3, -0.25) is 4.79 Å². The molecule has 0 unspecified atom stereocenters. The number of nitrogens with one attached hydrogen (secondary N) is 1. The van der Waals surface area contributed by atoms with E-state index < -0.39 is 5.41 Å². The summed E-state index contributed by atoms with van der Waals surface area (Å²) in [6, 6.07) is 0. The fourth-order valence-corrected chi connectivity index (χ4v) is 3.47. The van der Waals surface area contributed by atoms with Gasteiger partial charge in [0.2, 0.25) is 5.91 Å². The smallest absolute Gasteiger partial charge is 0.231 e. The average molecular weight is 338 g/mol. The van der Waals surface area contributed by atoms with Crippen LogP contribution in [0.15, 0.2) is 34.1 Å². The molecule has 0 spiro atoms. The molecule has 1 amide bonds. The lowest BCUT2D eigenvalue weighted by Gasteiger charge is -2.16. The van der Waals surface area contributed by atoms with Gasteiger partial charge in [-0.05, 0) is 18.6 Å². The van der Waals surface area contributed by atoms with Crippen molar-refractivity contribution in [1.29, 1.82) is 0 Å². The molecule has 0 saturated carbocycles. The minimum atomic E-state index is -0.414. The van der Waals surface area contributed by atoms with Crippen molar-refractivity contribution in [3.05, 3.63) is 29.9 Å². The Balaban J connectivity index is 1.85. The van der Waals surface area contributed by atoms with Gasteiger partial charge in [0, 0.05) is 11.8 Å². The van der Waals surface area contributed by atoms with Crippen LogP contribution in [0.2, 0.25) is 0 Å². The van der Waals surface area contributed by atoms with Crippen LogP contribution >= 0.6 is 23.1 Å². The van der Waals surface area contributed by atoms with Gasteiger partial charge in [0.25, 0.3) is 0 Å². The molecule has 4 nitrogen and oxygen atoms in total. The second kappa shape index (κ2) is 7.33. The third-order valence-corrected chi connectivity index (χ3v) is 5.17. The molecule has 0 aromatic carbocycles. The first kappa shape index (κ1) is 17.1. The molecular formula is C16H22N2O2S2. The van der Waals surface area contributed by atoms with Crippen LogP contribution in [0.1, 0.15) is 40.5 Å². The Labute approximate surface area is 140 Å². The molecule has 1 aliphatic rings. The lowest BCUT2D eigenvalue weighted by Crippen LogP contribution is -2.27. The lowest BCUT2D eigenvalue weighted by molar-refractivity contribution is -0.123. The molecule has 6 heteroatoms. The zero-order valence-electron chi connectivity index (χ0n) is 13.4. The van der Waals surface area contributed by atoms with E-state index in [1.807, 2.05) is 20.8 Å². The zero-order valence-corrected chi connectivity index (χ0v) is 15.1. The number of allylic oxidation sites excluding steroid dienone is 3. The number of anilines is 1. The lowest BCUT2D eigenvalue weighted by atomic mass is 9.96. The second-order valence-corrected chi connectivity index (χ2v) is 8.32. The van der Waals surface area contributed by atoms with Gasteiger partial charge in [-0.1, -0.05) is 39.0 Å². The zero-order chi connectivity index (χ0) is 16.2. The van der Waals surface area contributed by atoms with Crippen molar-refractivity contribution < 1.29 is 9.53 Å². The monoisotopic (exact) mass is 338 g/mol. The minimum Gasteiger partial charge on any atom is -0.466 e. The van der Waals surface area contributed by atoms with Gasteiger partial charge in [-0.15, -0.1) is 11.8 Å². The van der Waals surface area contributed by atoms with Gasteiger partial charge >= 0.3 is 0 Å². The van der Waals surface area contributed by atoms with Crippen LogP contribution in [0.3, 0.4) is 0 Å². The van der Waals surface area contributed by atoms with Gasteiger partial charge in [0.1, 0.15) is 5.76 Å². The third-order valence-electron chi connectivity index (χ3n) is 3.04. The Morgan fingerprint density at radius 2 is 2.14 bits per heavy atom. The maximum atomic E-state index is 11.9. The molecule has 0 fully saturated rings. The predicted molar refractivity (Wildman–Crippen MR) is 93.1 cm³/mol. The first-order valence-electron chi connectivity index (χ1n) is 7.34. The van der Waals surface area contributed by atoms with Gasteiger partial charge < -0.3 is 10.1 Å². The first-order chi connectivity index (χ1) is 10.4. The van der Waals surface area contributed by atoms with E-state index >= 15 is 0 Å². The van der Waals surface area contributed by atoms with Crippen LogP contribution in [0.25, 0.3) is 0 Å². The molecule has 120 valence electrons. The number of aromatic nitrogens is 1. The molecule has 22 heavy (non-hydrogen) atoms. The largest absolute Gasteiger partial charge is 0.466 e. The Morgan fingerprint density at radius 3 is 2.82 bits per heavy atom. The maximum absolute atomic E-state index is 11.9. The minimum absolute atomic E-state index is 0.0190. The summed E-state index contributed by atoms with van der Waals surface area (Å²) < 4.78 is 6.86. The molecule has 2 heterocycles. The third kappa shape index (κ3) is 4.88. The van der Waals surface area contributed by atoms with Crippen LogP contribution in [0.5, 0.6) is 0 Å². The van der Waals surface area contributed by atoms with Crippen molar-refractivity contribution in [3.63, 3.8) is 0 Å². The highest BCUT2D eigenvalue weighted by Gasteiger charge is 2.22. The number of hydrogen-bond donors (Lipinski definition) is 1. The number of carbonyl (C=O) groups excluding carboxylic acids is 1. The number of nitrogens with zero attached hydrogens (tertiary/aromatic N) is 1. The quantitative estimate of drug-likeness (QED) is 0.782. The molecule has 2 rings (SSSR count). The molecular weight excluding hydrogens is 316 g/mol. The van der Waals surface area contributed by atoms with E-state index in [-0.39, 0.29) is 5.91 Å². The highest BCUT2D eigenvalue weighted by atomic mass is 32.2. The summed E-state index contributed by atoms with van der Waals surface area (Å²) in [5.41, 5.74) is -0.414. The molecule has 1 aliphatic heterocycles. The topological polar surface area (TPSA) is 51.2 Å². The normalized spacial score (nSPS) is 14.9. The second-order valence-electron chi connectivity index (χ2n) is 6.01.